The van der Waals surface area contributed by atoms with Crippen LogP contribution in [0.25, 0.3) is 0 Å². The van der Waals surface area contributed by atoms with Gasteiger partial charge < -0.3 is 4.90 Å². The van der Waals surface area contributed by atoms with Gasteiger partial charge in [0.25, 0.3) is 15.9 Å². The summed E-state index contributed by atoms with van der Waals surface area (Å²) >= 11 is 4.57. The van der Waals surface area contributed by atoms with Gasteiger partial charge in [-0.05, 0) is 23.6 Å². The lowest BCUT2D eigenvalue weighted by Crippen LogP contribution is -2.37. The van der Waals surface area contributed by atoms with Crippen LogP contribution in [0.5, 0.6) is 0 Å². The third-order valence-electron chi connectivity index (χ3n) is 3.63. The van der Waals surface area contributed by atoms with Crippen molar-refractivity contribution in [3.63, 3.8) is 0 Å². The number of anilines is 1. The van der Waals surface area contributed by atoms with Gasteiger partial charge in [0, 0.05) is 23.4 Å². The van der Waals surface area contributed by atoms with Gasteiger partial charge in [0.2, 0.25) is 5.13 Å². The topological polar surface area (TPSA) is 105 Å². The molecule has 4 heterocycles. The van der Waals surface area contributed by atoms with Crippen LogP contribution >= 0.6 is 34.4 Å². The number of carbonyl (C=O) groups excluding carboxylic acids is 1. The minimum absolute atomic E-state index is 0.0725. The fraction of sp³-hybridized carbons (Fsp3) is 0.200. The second-order valence-corrected chi connectivity index (χ2v) is 10.5. The third-order valence-corrected chi connectivity index (χ3v) is 7.87. The Morgan fingerprint density at radius 1 is 1.33 bits per heavy atom. The Balaban J connectivity index is 1.39. The Kier molecular flexibility index (Phi) is 5.12. The Hall–Kier alpha value is -2.02. The number of hydrogen-bond acceptors (Lipinski definition) is 9. The van der Waals surface area contributed by atoms with Crippen molar-refractivity contribution in [2.75, 3.05) is 17.6 Å². The number of amides is 1. The Labute approximate surface area is 167 Å². The number of thioether (sulfide) groups is 1. The summed E-state index contributed by atoms with van der Waals surface area (Å²) in [5, 5.41) is 13.3. The number of nitrogens with one attached hydrogen (secondary N) is 1. The molecule has 1 N–H and O–H groups in total. The molecule has 8 nitrogen and oxygen atoms in total. The summed E-state index contributed by atoms with van der Waals surface area (Å²) in [5.41, 5.74) is 0.399. The van der Waals surface area contributed by atoms with E-state index in [1.807, 2.05) is 11.4 Å². The average Bonchev–Trinajstić information content (AvgIpc) is 3.30. The molecule has 0 radical (unpaired) electrons. The van der Waals surface area contributed by atoms with E-state index in [9.17, 15) is 13.2 Å². The van der Waals surface area contributed by atoms with E-state index in [2.05, 4.69) is 26.0 Å². The number of rotatable bonds is 5. The minimum atomic E-state index is -3.41. The zero-order valence-corrected chi connectivity index (χ0v) is 17.0. The standard InChI is InChI=1S/C15H13N5O3S4/c21-13(10-3-4-12-19-27(22,23)7-5-20(12)8-10)16-14-17-18-15(26-14)25-9-11-2-1-6-24-11/h1-4,6,8H,5,7,9H2,(H,16,17,21). The van der Waals surface area contributed by atoms with E-state index in [-0.39, 0.29) is 18.2 Å². The van der Waals surface area contributed by atoms with Crippen molar-refractivity contribution >= 4 is 61.3 Å². The van der Waals surface area contributed by atoms with Gasteiger partial charge in [-0.25, -0.2) is 8.42 Å². The van der Waals surface area contributed by atoms with Crippen molar-refractivity contribution in [1.29, 1.82) is 0 Å². The first-order chi connectivity index (χ1) is 13.0. The van der Waals surface area contributed by atoms with Gasteiger partial charge in [-0.1, -0.05) is 29.2 Å². The van der Waals surface area contributed by atoms with Crippen LogP contribution in [0.4, 0.5) is 5.13 Å². The van der Waals surface area contributed by atoms with Crippen LogP contribution < -0.4 is 5.32 Å². The lowest BCUT2D eigenvalue weighted by atomic mass is 10.2. The molecule has 0 saturated carbocycles. The van der Waals surface area contributed by atoms with E-state index in [1.54, 1.807) is 40.3 Å². The maximum absolute atomic E-state index is 12.4. The number of fused-ring (bicyclic) bond motifs is 1. The summed E-state index contributed by atoms with van der Waals surface area (Å²) in [6.07, 6.45) is 4.66. The van der Waals surface area contributed by atoms with Crippen LogP contribution in [0, 0.1) is 0 Å². The van der Waals surface area contributed by atoms with Gasteiger partial charge in [-0.2, -0.15) is 0 Å². The monoisotopic (exact) mass is 439 g/mol. The predicted molar refractivity (Wildman–Crippen MR) is 108 cm³/mol. The second-order valence-electron chi connectivity index (χ2n) is 5.54. The van der Waals surface area contributed by atoms with E-state index < -0.39 is 10.0 Å². The van der Waals surface area contributed by atoms with Gasteiger partial charge in [-0.3, -0.25) is 10.1 Å². The molecule has 0 saturated heterocycles. The normalized spacial score (nSPS) is 17.9. The first-order valence-corrected chi connectivity index (χ1v) is 12.1. The summed E-state index contributed by atoms with van der Waals surface area (Å²) in [5.74, 6) is 0.733. The highest BCUT2D eigenvalue weighted by atomic mass is 32.2. The van der Waals surface area contributed by atoms with Crippen LogP contribution in [-0.2, 0) is 20.6 Å². The van der Waals surface area contributed by atoms with E-state index in [0.29, 0.717) is 16.5 Å². The number of carbonyl (C=O) groups is 1. The molecule has 2 aromatic heterocycles. The Bertz CT molecular complexity index is 1050. The SMILES string of the molecule is O=C(Nc1nnc(SCc2cccs2)s1)C1=CN2CCS(=O)(=O)N=C2C=C1. The zero-order chi connectivity index (χ0) is 18.9. The van der Waals surface area contributed by atoms with Crippen LogP contribution in [-0.4, -0.2) is 47.6 Å². The van der Waals surface area contributed by atoms with E-state index in [0.717, 1.165) is 10.1 Å². The van der Waals surface area contributed by atoms with Crippen molar-refractivity contribution in [2.45, 2.75) is 10.1 Å². The second kappa shape index (κ2) is 7.54. The van der Waals surface area contributed by atoms with E-state index in [4.69, 9.17) is 0 Å². The minimum Gasteiger partial charge on any atom is -0.330 e. The fourth-order valence-electron chi connectivity index (χ4n) is 2.35. The average molecular weight is 440 g/mol. The van der Waals surface area contributed by atoms with Crippen molar-refractivity contribution in [1.82, 2.24) is 15.1 Å². The highest BCUT2D eigenvalue weighted by Crippen LogP contribution is 2.29. The van der Waals surface area contributed by atoms with Crippen LogP contribution in [0.15, 0.2) is 50.2 Å². The molecular formula is C15H13N5O3S4. The first-order valence-electron chi connectivity index (χ1n) is 7.78. The van der Waals surface area contributed by atoms with Gasteiger partial charge in [0.15, 0.2) is 4.34 Å². The maximum atomic E-state index is 12.4. The molecule has 2 aliphatic rings. The summed E-state index contributed by atoms with van der Waals surface area (Å²) in [6.45, 7) is 0.268. The number of thiophene rings is 1. The summed E-state index contributed by atoms with van der Waals surface area (Å²) in [4.78, 5) is 15.3. The Morgan fingerprint density at radius 2 is 2.22 bits per heavy atom. The molecule has 0 aromatic carbocycles. The van der Waals surface area contributed by atoms with Crippen molar-refractivity contribution < 1.29 is 13.2 Å². The number of amidine groups is 1. The predicted octanol–water partition coefficient (Wildman–Crippen LogP) is 2.33. The molecular weight excluding hydrogens is 426 g/mol. The molecule has 0 atom stereocenters. The molecule has 4 rings (SSSR count). The van der Waals surface area contributed by atoms with E-state index in [1.165, 1.54) is 22.3 Å². The molecule has 0 spiro atoms. The maximum Gasteiger partial charge on any atom is 0.258 e. The highest BCUT2D eigenvalue weighted by Gasteiger charge is 2.25. The van der Waals surface area contributed by atoms with Crippen molar-refractivity contribution in [3.05, 3.63) is 46.3 Å². The summed E-state index contributed by atoms with van der Waals surface area (Å²) in [6, 6.07) is 4.07. The van der Waals surface area contributed by atoms with Gasteiger partial charge in [-0.15, -0.1) is 25.9 Å². The zero-order valence-electron chi connectivity index (χ0n) is 13.7. The molecule has 2 aliphatic heterocycles. The molecule has 12 heteroatoms. The van der Waals surface area contributed by atoms with Crippen molar-refractivity contribution in [2.24, 2.45) is 4.40 Å². The molecule has 1 amide bonds. The Morgan fingerprint density at radius 3 is 3.04 bits per heavy atom. The van der Waals surface area contributed by atoms with Gasteiger partial charge in [0.05, 0.1) is 11.3 Å². The summed E-state index contributed by atoms with van der Waals surface area (Å²) < 4.78 is 27.5. The molecule has 0 bridgehead atoms. The van der Waals surface area contributed by atoms with Crippen LogP contribution in [0.1, 0.15) is 4.88 Å². The molecule has 0 fully saturated rings. The number of sulfonamides is 1. The molecule has 0 unspecified atom stereocenters. The van der Waals surface area contributed by atoms with Crippen molar-refractivity contribution in [3.8, 4) is 0 Å². The largest absolute Gasteiger partial charge is 0.330 e. The van der Waals surface area contributed by atoms with E-state index >= 15 is 0 Å². The smallest absolute Gasteiger partial charge is 0.258 e. The van der Waals surface area contributed by atoms with Crippen LogP contribution in [0.2, 0.25) is 0 Å². The molecule has 2 aromatic rings. The van der Waals surface area contributed by atoms with Crippen LogP contribution in [0.3, 0.4) is 0 Å². The molecule has 0 aliphatic carbocycles. The van der Waals surface area contributed by atoms with Gasteiger partial charge >= 0.3 is 0 Å². The lowest BCUT2D eigenvalue weighted by Gasteiger charge is -2.26. The third kappa shape index (κ3) is 4.46. The lowest BCUT2D eigenvalue weighted by molar-refractivity contribution is -0.112. The first kappa shape index (κ1) is 18.3. The number of nitrogens with zero attached hydrogens (tertiary/aromatic N) is 4. The number of aromatic nitrogens is 2. The summed E-state index contributed by atoms with van der Waals surface area (Å²) in [7, 11) is -3.41. The quantitative estimate of drug-likeness (QED) is 0.563. The van der Waals surface area contributed by atoms with Gasteiger partial charge in [0.1, 0.15) is 5.84 Å². The fourth-order valence-corrected chi connectivity index (χ4v) is 5.84. The molecule has 140 valence electrons. The highest BCUT2D eigenvalue weighted by molar-refractivity contribution is 8.00. The molecule has 27 heavy (non-hydrogen) atoms. The number of hydrogen-bond donors (Lipinski definition) is 1.